The highest BCUT2D eigenvalue weighted by molar-refractivity contribution is 6.05. The maximum atomic E-state index is 13.1. The van der Waals surface area contributed by atoms with Gasteiger partial charge in [0, 0.05) is 37.3 Å². The number of nitrogens with two attached hydrogens (primary N) is 1. The minimum Gasteiger partial charge on any atom is -0.508 e. The van der Waals surface area contributed by atoms with Crippen molar-refractivity contribution in [1.82, 2.24) is 4.90 Å². The average Bonchev–Trinajstić information content (AvgIpc) is 2.88. The molecule has 152 valence electrons. The fourth-order valence-corrected chi connectivity index (χ4v) is 3.41. The zero-order chi connectivity index (χ0) is 20.8. The SMILES string of the molecule is CCCN(CCCO)C(=O)C1=Cc2ccc(-c3ccc(O)cc3)cc2N=C(N)C1. The Balaban J connectivity index is 1.93. The van der Waals surface area contributed by atoms with E-state index in [2.05, 4.69) is 4.99 Å². The van der Waals surface area contributed by atoms with Gasteiger partial charge in [-0.2, -0.15) is 0 Å². The number of aliphatic imine (C=N–C) groups is 1. The van der Waals surface area contributed by atoms with Gasteiger partial charge in [0.25, 0.3) is 0 Å². The lowest BCUT2D eigenvalue weighted by molar-refractivity contribution is -0.127. The summed E-state index contributed by atoms with van der Waals surface area (Å²) in [6.45, 7) is 3.24. The quantitative estimate of drug-likeness (QED) is 0.671. The first-order valence-electron chi connectivity index (χ1n) is 9.89. The number of amidine groups is 1. The third-order valence-electron chi connectivity index (χ3n) is 4.84. The molecule has 2 aromatic carbocycles. The number of nitrogens with zero attached hydrogens (tertiary/aromatic N) is 2. The number of carbonyl (C=O) groups excluding carboxylic acids is 1. The van der Waals surface area contributed by atoms with Crippen molar-refractivity contribution in [3.8, 4) is 16.9 Å². The van der Waals surface area contributed by atoms with E-state index in [9.17, 15) is 9.90 Å². The third kappa shape index (κ3) is 5.03. The lowest BCUT2D eigenvalue weighted by Gasteiger charge is -2.23. The Morgan fingerprint density at radius 2 is 1.86 bits per heavy atom. The molecule has 0 saturated carbocycles. The molecule has 3 rings (SSSR count). The Bertz CT molecular complexity index is 933. The lowest BCUT2D eigenvalue weighted by Crippen LogP contribution is -2.35. The number of aromatic hydroxyl groups is 1. The summed E-state index contributed by atoms with van der Waals surface area (Å²) < 4.78 is 0. The van der Waals surface area contributed by atoms with E-state index in [1.165, 1.54) is 0 Å². The van der Waals surface area contributed by atoms with Crippen molar-refractivity contribution in [2.45, 2.75) is 26.2 Å². The molecule has 6 nitrogen and oxygen atoms in total. The molecule has 0 radical (unpaired) electrons. The predicted octanol–water partition coefficient (Wildman–Crippen LogP) is 3.46. The molecule has 0 bridgehead atoms. The summed E-state index contributed by atoms with van der Waals surface area (Å²) in [5.41, 5.74) is 10.2. The van der Waals surface area contributed by atoms with Gasteiger partial charge in [0.2, 0.25) is 5.91 Å². The highest BCUT2D eigenvalue weighted by atomic mass is 16.3. The second kappa shape index (κ2) is 9.39. The van der Waals surface area contributed by atoms with Gasteiger partial charge in [-0.3, -0.25) is 4.79 Å². The summed E-state index contributed by atoms with van der Waals surface area (Å²) in [5.74, 6) is 0.549. The van der Waals surface area contributed by atoms with Gasteiger partial charge in [0.15, 0.2) is 0 Å². The zero-order valence-electron chi connectivity index (χ0n) is 16.6. The number of fused-ring (bicyclic) bond motifs is 1. The van der Waals surface area contributed by atoms with E-state index >= 15 is 0 Å². The maximum Gasteiger partial charge on any atom is 0.250 e. The topological polar surface area (TPSA) is 99.1 Å². The molecule has 1 heterocycles. The zero-order valence-corrected chi connectivity index (χ0v) is 16.6. The van der Waals surface area contributed by atoms with Crippen LogP contribution in [0.3, 0.4) is 0 Å². The van der Waals surface area contributed by atoms with Crippen molar-refractivity contribution in [1.29, 1.82) is 0 Å². The molecule has 1 aliphatic heterocycles. The number of benzene rings is 2. The number of aliphatic hydroxyl groups is 1. The fraction of sp³-hybridized carbons (Fsp3) is 0.304. The van der Waals surface area contributed by atoms with Gasteiger partial charge in [-0.1, -0.05) is 31.2 Å². The minimum absolute atomic E-state index is 0.0546. The van der Waals surface area contributed by atoms with E-state index in [1.807, 2.05) is 43.3 Å². The Morgan fingerprint density at radius 3 is 2.55 bits per heavy atom. The third-order valence-corrected chi connectivity index (χ3v) is 4.84. The van der Waals surface area contributed by atoms with Gasteiger partial charge < -0.3 is 20.8 Å². The minimum atomic E-state index is -0.0612. The number of aliphatic hydroxyl groups excluding tert-OH is 1. The van der Waals surface area contributed by atoms with Crippen molar-refractivity contribution in [2.24, 2.45) is 10.7 Å². The summed E-state index contributed by atoms with van der Waals surface area (Å²) in [5, 5.41) is 18.6. The number of rotatable bonds is 7. The van der Waals surface area contributed by atoms with E-state index in [0.717, 1.165) is 23.1 Å². The van der Waals surface area contributed by atoms with Crippen LogP contribution in [0.15, 0.2) is 53.0 Å². The molecule has 0 atom stereocenters. The molecule has 0 spiro atoms. The second-order valence-corrected chi connectivity index (χ2v) is 7.14. The standard InChI is InChI=1S/C23H27N3O3/c1-2-10-26(11-3-12-27)23(29)19-13-18-5-4-17(14-21(18)25-22(24)15-19)16-6-8-20(28)9-7-16/h4-9,13-14,27-28H,2-3,10-12,15H2,1H3,(H2,24,25). The number of phenols is 1. The Morgan fingerprint density at radius 1 is 1.14 bits per heavy atom. The van der Waals surface area contributed by atoms with Gasteiger partial charge in [-0.15, -0.1) is 0 Å². The summed E-state index contributed by atoms with van der Waals surface area (Å²) in [7, 11) is 0. The van der Waals surface area contributed by atoms with Crippen molar-refractivity contribution >= 4 is 23.5 Å². The summed E-state index contributed by atoms with van der Waals surface area (Å²) >= 11 is 0. The molecule has 29 heavy (non-hydrogen) atoms. The molecule has 6 heteroatoms. The van der Waals surface area contributed by atoms with Crippen LogP contribution >= 0.6 is 0 Å². The summed E-state index contributed by atoms with van der Waals surface area (Å²) in [6, 6.07) is 12.8. The van der Waals surface area contributed by atoms with Gasteiger partial charge in [0.1, 0.15) is 11.6 Å². The van der Waals surface area contributed by atoms with Crippen LogP contribution in [0, 0.1) is 0 Å². The van der Waals surface area contributed by atoms with Crippen LogP contribution in [0.25, 0.3) is 17.2 Å². The fourth-order valence-electron chi connectivity index (χ4n) is 3.41. The number of carbonyl (C=O) groups is 1. The van der Waals surface area contributed by atoms with Crippen LogP contribution in [0.1, 0.15) is 31.7 Å². The highest BCUT2D eigenvalue weighted by Crippen LogP contribution is 2.32. The van der Waals surface area contributed by atoms with Crippen LogP contribution in [0.5, 0.6) is 5.75 Å². The molecule has 1 amide bonds. The van der Waals surface area contributed by atoms with Crippen LogP contribution in [-0.2, 0) is 4.79 Å². The van der Waals surface area contributed by atoms with Crippen LogP contribution in [-0.4, -0.2) is 46.6 Å². The first-order chi connectivity index (χ1) is 14.0. The Hall–Kier alpha value is -3.12. The molecular weight excluding hydrogens is 366 g/mol. The second-order valence-electron chi connectivity index (χ2n) is 7.14. The largest absolute Gasteiger partial charge is 0.508 e. The number of hydrogen-bond acceptors (Lipinski definition) is 5. The summed E-state index contributed by atoms with van der Waals surface area (Å²) in [6.07, 6.45) is 3.56. The number of amides is 1. The molecule has 0 unspecified atom stereocenters. The molecule has 4 N–H and O–H groups in total. The van der Waals surface area contributed by atoms with Gasteiger partial charge >= 0.3 is 0 Å². The van der Waals surface area contributed by atoms with E-state index in [4.69, 9.17) is 10.8 Å². The summed E-state index contributed by atoms with van der Waals surface area (Å²) in [4.78, 5) is 19.4. The maximum absolute atomic E-state index is 13.1. The van der Waals surface area contributed by atoms with Crippen molar-refractivity contribution in [3.05, 3.63) is 53.6 Å². The number of phenolic OH excluding ortho intramolecular Hbond substituents is 1. The molecular formula is C23H27N3O3. The van der Waals surface area contributed by atoms with Crippen LogP contribution < -0.4 is 5.73 Å². The van der Waals surface area contributed by atoms with Crippen molar-refractivity contribution < 1.29 is 15.0 Å². The van der Waals surface area contributed by atoms with Gasteiger partial charge in [-0.25, -0.2) is 4.99 Å². The van der Waals surface area contributed by atoms with E-state index < -0.39 is 0 Å². The Kier molecular flexibility index (Phi) is 6.67. The smallest absolute Gasteiger partial charge is 0.250 e. The van der Waals surface area contributed by atoms with E-state index in [-0.39, 0.29) is 18.3 Å². The van der Waals surface area contributed by atoms with Crippen molar-refractivity contribution in [2.75, 3.05) is 19.7 Å². The molecule has 2 aromatic rings. The molecule has 0 saturated heterocycles. The van der Waals surface area contributed by atoms with Gasteiger partial charge in [-0.05, 0) is 48.2 Å². The first kappa shape index (κ1) is 20.6. The lowest BCUT2D eigenvalue weighted by atomic mass is 10.0. The predicted molar refractivity (Wildman–Crippen MR) is 116 cm³/mol. The average molecular weight is 393 g/mol. The van der Waals surface area contributed by atoms with Gasteiger partial charge in [0.05, 0.1) is 5.69 Å². The first-order valence-corrected chi connectivity index (χ1v) is 9.89. The monoisotopic (exact) mass is 393 g/mol. The molecule has 0 fully saturated rings. The molecule has 0 aliphatic carbocycles. The van der Waals surface area contributed by atoms with Crippen molar-refractivity contribution in [3.63, 3.8) is 0 Å². The highest BCUT2D eigenvalue weighted by Gasteiger charge is 2.21. The van der Waals surface area contributed by atoms with E-state index in [0.29, 0.717) is 43.0 Å². The molecule has 1 aliphatic rings. The normalized spacial score (nSPS) is 13.2. The van der Waals surface area contributed by atoms with Crippen LogP contribution in [0.4, 0.5) is 5.69 Å². The molecule has 0 aromatic heterocycles. The van der Waals surface area contributed by atoms with Crippen LogP contribution in [0.2, 0.25) is 0 Å². The number of hydrogen-bond donors (Lipinski definition) is 3. The van der Waals surface area contributed by atoms with E-state index in [1.54, 1.807) is 17.0 Å². The Labute approximate surface area is 171 Å².